The number of hydrogen-bond acceptors (Lipinski definition) is 3. The molecule has 0 aliphatic rings. The number of aryl methyl sites for hydroxylation is 1. The highest BCUT2D eigenvalue weighted by Crippen LogP contribution is 2.21. The highest BCUT2D eigenvalue weighted by molar-refractivity contribution is 5.93. The molecule has 24 heavy (non-hydrogen) atoms. The Morgan fingerprint density at radius 1 is 1.12 bits per heavy atom. The van der Waals surface area contributed by atoms with Crippen molar-refractivity contribution in [3.8, 4) is 5.75 Å². The summed E-state index contributed by atoms with van der Waals surface area (Å²) in [6, 6.07) is 17.8. The van der Waals surface area contributed by atoms with Crippen LogP contribution in [0.4, 0.5) is 5.69 Å². The number of amides is 1. The van der Waals surface area contributed by atoms with Crippen molar-refractivity contribution in [1.29, 1.82) is 0 Å². The Morgan fingerprint density at radius 3 is 2.75 bits per heavy atom. The van der Waals surface area contributed by atoms with Crippen LogP contribution in [0.1, 0.15) is 18.4 Å². The molecule has 0 saturated heterocycles. The van der Waals surface area contributed by atoms with E-state index in [1.165, 1.54) is 5.56 Å². The van der Waals surface area contributed by atoms with E-state index in [0.29, 0.717) is 6.42 Å². The third-order valence-electron chi connectivity index (χ3n) is 3.89. The Kier molecular flexibility index (Phi) is 5.06. The lowest BCUT2D eigenvalue weighted by Gasteiger charge is -2.07. The largest absolute Gasteiger partial charge is 0.497 e. The van der Waals surface area contributed by atoms with Gasteiger partial charge in [0.25, 0.3) is 0 Å². The zero-order valence-corrected chi connectivity index (χ0v) is 13.7. The number of pyridine rings is 1. The van der Waals surface area contributed by atoms with Gasteiger partial charge >= 0.3 is 0 Å². The van der Waals surface area contributed by atoms with Crippen LogP contribution in [0, 0.1) is 0 Å². The highest BCUT2D eigenvalue weighted by atomic mass is 16.5. The maximum Gasteiger partial charge on any atom is 0.224 e. The van der Waals surface area contributed by atoms with Gasteiger partial charge < -0.3 is 10.1 Å². The summed E-state index contributed by atoms with van der Waals surface area (Å²) in [5, 5.41) is 3.89. The van der Waals surface area contributed by atoms with Crippen LogP contribution in [0.25, 0.3) is 10.9 Å². The Labute approximate surface area is 141 Å². The minimum absolute atomic E-state index is 0.0144. The van der Waals surface area contributed by atoms with Gasteiger partial charge in [-0.25, -0.2) is 0 Å². The number of methoxy groups -OCH3 is 1. The smallest absolute Gasteiger partial charge is 0.224 e. The van der Waals surface area contributed by atoms with Gasteiger partial charge in [-0.15, -0.1) is 0 Å². The number of nitrogens with zero attached hydrogens (tertiary/aromatic N) is 1. The van der Waals surface area contributed by atoms with E-state index in [0.717, 1.165) is 35.2 Å². The maximum absolute atomic E-state index is 12.1. The number of aromatic nitrogens is 1. The third-order valence-corrected chi connectivity index (χ3v) is 3.89. The van der Waals surface area contributed by atoms with Crippen LogP contribution in [0.2, 0.25) is 0 Å². The number of rotatable bonds is 6. The molecule has 1 N–H and O–H groups in total. The van der Waals surface area contributed by atoms with Gasteiger partial charge in [-0.2, -0.15) is 0 Å². The van der Waals surface area contributed by atoms with E-state index in [9.17, 15) is 4.79 Å². The van der Waals surface area contributed by atoms with E-state index < -0.39 is 0 Å². The molecule has 0 radical (unpaired) electrons. The average Bonchev–Trinajstić information content (AvgIpc) is 2.62. The Morgan fingerprint density at radius 2 is 1.96 bits per heavy atom. The summed E-state index contributed by atoms with van der Waals surface area (Å²) >= 11 is 0. The molecule has 0 saturated carbocycles. The predicted octanol–water partition coefficient (Wildman–Crippen LogP) is 4.20. The maximum atomic E-state index is 12.1. The fraction of sp³-hybridized carbons (Fsp3) is 0.200. The molecule has 0 aliphatic heterocycles. The summed E-state index contributed by atoms with van der Waals surface area (Å²) in [7, 11) is 1.63. The summed E-state index contributed by atoms with van der Waals surface area (Å²) in [6.45, 7) is 0. The Balaban J connectivity index is 1.57. The summed E-state index contributed by atoms with van der Waals surface area (Å²) in [5.74, 6) is 0.785. The summed E-state index contributed by atoms with van der Waals surface area (Å²) in [6.07, 6.45) is 3.91. The summed E-state index contributed by atoms with van der Waals surface area (Å²) < 4.78 is 5.19. The topological polar surface area (TPSA) is 51.2 Å². The van der Waals surface area contributed by atoms with E-state index in [4.69, 9.17) is 4.74 Å². The van der Waals surface area contributed by atoms with Gasteiger partial charge in [0.1, 0.15) is 5.75 Å². The molecule has 0 unspecified atom stereocenters. The number of nitrogens with one attached hydrogen (secondary N) is 1. The van der Waals surface area contributed by atoms with Gasteiger partial charge in [0.2, 0.25) is 5.91 Å². The first-order valence-corrected chi connectivity index (χ1v) is 8.02. The number of anilines is 1. The van der Waals surface area contributed by atoms with Crippen molar-refractivity contribution >= 4 is 22.5 Å². The molecule has 0 bridgehead atoms. The highest BCUT2D eigenvalue weighted by Gasteiger charge is 2.05. The second-order valence-electron chi connectivity index (χ2n) is 5.67. The summed E-state index contributed by atoms with van der Waals surface area (Å²) in [4.78, 5) is 16.5. The van der Waals surface area contributed by atoms with Gasteiger partial charge in [0.15, 0.2) is 0 Å². The number of fused-ring (bicyclic) bond motifs is 1. The molecule has 0 spiro atoms. The van der Waals surface area contributed by atoms with Crippen molar-refractivity contribution in [2.45, 2.75) is 19.3 Å². The molecule has 3 aromatic rings. The van der Waals surface area contributed by atoms with Crippen molar-refractivity contribution < 1.29 is 9.53 Å². The van der Waals surface area contributed by atoms with Crippen LogP contribution >= 0.6 is 0 Å². The summed E-state index contributed by atoms with van der Waals surface area (Å²) in [5.41, 5.74) is 2.82. The van der Waals surface area contributed by atoms with Gasteiger partial charge in [0.05, 0.1) is 24.5 Å². The third kappa shape index (κ3) is 4.10. The molecule has 122 valence electrons. The molecule has 3 rings (SSSR count). The first-order valence-electron chi connectivity index (χ1n) is 8.02. The van der Waals surface area contributed by atoms with Crippen molar-refractivity contribution in [3.05, 3.63) is 66.4 Å². The predicted molar refractivity (Wildman–Crippen MR) is 96.3 cm³/mol. The first kappa shape index (κ1) is 16.0. The van der Waals surface area contributed by atoms with Crippen molar-refractivity contribution in [3.63, 3.8) is 0 Å². The molecule has 0 fully saturated rings. The quantitative estimate of drug-likeness (QED) is 0.740. The van der Waals surface area contributed by atoms with Crippen molar-refractivity contribution in [2.75, 3.05) is 12.4 Å². The lowest BCUT2D eigenvalue weighted by Crippen LogP contribution is -2.11. The molecule has 1 aromatic heterocycles. The fourth-order valence-corrected chi connectivity index (χ4v) is 2.62. The molecule has 1 amide bonds. The molecule has 0 atom stereocenters. The molecule has 4 heteroatoms. The normalized spacial score (nSPS) is 10.5. The Bertz CT molecular complexity index is 831. The van der Waals surface area contributed by atoms with Crippen LogP contribution in [0.15, 0.2) is 60.8 Å². The SMILES string of the molecule is COc1ccc2cc(NC(=O)CCCc3ccccc3)cnc2c1. The monoisotopic (exact) mass is 320 g/mol. The number of carbonyl (C=O) groups is 1. The zero-order chi connectivity index (χ0) is 16.8. The second-order valence-corrected chi connectivity index (χ2v) is 5.67. The Hall–Kier alpha value is -2.88. The van der Waals surface area contributed by atoms with E-state index in [1.54, 1.807) is 13.3 Å². The molecular weight excluding hydrogens is 300 g/mol. The number of hydrogen-bond donors (Lipinski definition) is 1. The van der Waals surface area contributed by atoms with Gasteiger partial charge in [0, 0.05) is 17.9 Å². The van der Waals surface area contributed by atoms with E-state index >= 15 is 0 Å². The second kappa shape index (κ2) is 7.59. The lowest BCUT2D eigenvalue weighted by molar-refractivity contribution is -0.116. The zero-order valence-electron chi connectivity index (χ0n) is 13.7. The molecule has 2 aromatic carbocycles. The average molecular weight is 320 g/mol. The van der Waals surface area contributed by atoms with Crippen LogP contribution in [0.3, 0.4) is 0 Å². The van der Waals surface area contributed by atoms with Gasteiger partial charge in [-0.3, -0.25) is 9.78 Å². The van der Waals surface area contributed by atoms with Crippen molar-refractivity contribution in [1.82, 2.24) is 4.98 Å². The molecule has 4 nitrogen and oxygen atoms in total. The lowest BCUT2D eigenvalue weighted by atomic mass is 10.1. The minimum atomic E-state index is 0.0144. The fourth-order valence-electron chi connectivity index (χ4n) is 2.62. The standard InChI is InChI=1S/C20H20N2O2/c1-24-18-11-10-16-12-17(14-21-19(16)13-18)22-20(23)9-5-8-15-6-3-2-4-7-15/h2-4,6-7,10-14H,5,8-9H2,1H3,(H,22,23). The van der Waals surface area contributed by atoms with Crippen LogP contribution < -0.4 is 10.1 Å². The number of benzene rings is 2. The first-order chi connectivity index (χ1) is 11.7. The molecular formula is C20H20N2O2. The molecule has 1 heterocycles. The van der Waals surface area contributed by atoms with E-state index in [1.807, 2.05) is 42.5 Å². The number of carbonyl (C=O) groups excluding carboxylic acids is 1. The van der Waals surface area contributed by atoms with Gasteiger partial charge in [-0.1, -0.05) is 30.3 Å². The molecule has 0 aliphatic carbocycles. The van der Waals surface area contributed by atoms with Crippen LogP contribution in [-0.2, 0) is 11.2 Å². The van der Waals surface area contributed by atoms with Crippen LogP contribution in [0.5, 0.6) is 5.75 Å². The number of ether oxygens (including phenoxy) is 1. The van der Waals surface area contributed by atoms with Crippen molar-refractivity contribution in [2.24, 2.45) is 0 Å². The van der Waals surface area contributed by atoms with E-state index in [2.05, 4.69) is 22.4 Å². The van der Waals surface area contributed by atoms with E-state index in [-0.39, 0.29) is 5.91 Å². The van der Waals surface area contributed by atoms with Gasteiger partial charge in [-0.05, 0) is 36.6 Å². The minimum Gasteiger partial charge on any atom is -0.497 e. The van der Waals surface area contributed by atoms with Crippen LogP contribution in [-0.4, -0.2) is 18.0 Å².